The first-order valence-electron chi connectivity index (χ1n) is 11.8. The molecule has 1 unspecified atom stereocenters. The smallest absolute Gasteiger partial charge is 0.383 e. The average Bonchev–Trinajstić information content (AvgIpc) is 2.82. The Morgan fingerprint density at radius 3 is 2.13 bits per heavy atom. The van der Waals surface area contributed by atoms with Gasteiger partial charge < -0.3 is 20.3 Å². The molecule has 1 aromatic rings. The third-order valence-corrected chi connectivity index (χ3v) is 6.84. The number of alkyl halides is 9. The molecule has 2 N–H and O–H groups in total. The minimum atomic E-state index is -5.57. The maximum absolute atomic E-state index is 13.6. The summed E-state index contributed by atoms with van der Waals surface area (Å²) in [6, 6.07) is 3.09. The van der Waals surface area contributed by atoms with Crippen LogP contribution in [0.4, 0.5) is 50.9 Å². The van der Waals surface area contributed by atoms with Gasteiger partial charge in [-0.05, 0) is 50.8 Å². The summed E-state index contributed by atoms with van der Waals surface area (Å²) in [6.07, 6.45) is -19.3. The molecule has 0 amide bonds. The number of hydrogen-bond acceptors (Lipinski definition) is 7. The van der Waals surface area contributed by atoms with Gasteiger partial charge in [-0.15, -0.1) is 0 Å². The van der Waals surface area contributed by atoms with Gasteiger partial charge in [0.25, 0.3) is 5.78 Å². The van der Waals surface area contributed by atoms with Crippen molar-refractivity contribution >= 4 is 29.1 Å². The van der Waals surface area contributed by atoms with Crippen molar-refractivity contribution in [1.29, 1.82) is 0 Å². The summed E-state index contributed by atoms with van der Waals surface area (Å²) in [7, 11) is 0. The van der Waals surface area contributed by atoms with Gasteiger partial charge in [-0.3, -0.25) is 4.79 Å². The highest BCUT2D eigenvalue weighted by Gasteiger charge is 2.56. The summed E-state index contributed by atoms with van der Waals surface area (Å²) >= 11 is 0. The third kappa shape index (κ3) is 6.94. The van der Waals surface area contributed by atoms with Crippen LogP contribution in [0.2, 0.25) is 0 Å². The summed E-state index contributed by atoms with van der Waals surface area (Å²) in [4.78, 5) is 38.0. The summed E-state index contributed by atoms with van der Waals surface area (Å²) in [5.74, 6) is -9.14. The number of hydrogen-bond donors (Lipinski definition) is 2. The van der Waals surface area contributed by atoms with Gasteiger partial charge in [0.2, 0.25) is 0 Å². The molecule has 16 heteroatoms. The highest BCUT2D eigenvalue weighted by molar-refractivity contribution is 6.04. The number of rotatable bonds is 5. The number of ether oxygens (including phenoxy) is 1. The number of halogens is 9. The molecule has 0 bridgehead atoms. The Hall–Kier alpha value is -3.04. The van der Waals surface area contributed by atoms with Crippen LogP contribution in [-0.4, -0.2) is 67.5 Å². The van der Waals surface area contributed by atoms with Crippen molar-refractivity contribution in [2.75, 3.05) is 29.9 Å². The first-order valence-corrected chi connectivity index (χ1v) is 11.8. The van der Waals surface area contributed by atoms with Crippen LogP contribution in [0.25, 0.3) is 0 Å². The van der Waals surface area contributed by atoms with Crippen LogP contribution in [0, 0.1) is 5.92 Å². The first-order chi connectivity index (χ1) is 17.8. The summed E-state index contributed by atoms with van der Waals surface area (Å²) < 4.78 is 122. The maximum atomic E-state index is 13.6. The van der Waals surface area contributed by atoms with Gasteiger partial charge >= 0.3 is 30.5 Å². The largest absolute Gasteiger partial charge is 0.491 e. The summed E-state index contributed by atoms with van der Waals surface area (Å²) in [6.45, 7) is 3.15. The molecule has 1 atom stereocenters. The van der Waals surface area contributed by atoms with Crippen molar-refractivity contribution in [3.05, 3.63) is 23.8 Å². The number of anilines is 2. The second kappa shape index (κ2) is 10.8. The minimum Gasteiger partial charge on any atom is -0.383 e. The molecule has 1 aliphatic heterocycles. The Morgan fingerprint density at radius 2 is 1.62 bits per heavy atom. The van der Waals surface area contributed by atoms with Crippen molar-refractivity contribution in [2.24, 2.45) is 5.92 Å². The minimum absolute atomic E-state index is 0.177. The van der Waals surface area contributed by atoms with Crippen LogP contribution >= 0.6 is 0 Å². The topological polar surface area (TPSA) is 87.7 Å². The molecule has 0 radical (unpaired) electrons. The first kappa shape index (κ1) is 30.5. The molecule has 1 heterocycles. The number of nitrogens with one attached hydrogen (secondary N) is 2. The fourth-order valence-electron chi connectivity index (χ4n) is 4.79. The molecule has 1 aliphatic carbocycles. The lowest BCUT2D eigenvalue weighted by Gasteiger charge is -2.41. The fraction of sp³-hybridized carbons (Fsp3) is 0.609. The van der Waals surface area contributed by atoms with Gasteiger partial charge in [-0.1, -0.05) is 0 Å². The van der Waals surface area contributed by atoms with Crippen molar-refractivity contribution in [1.82, 2.24) is 5.32 Å². The Bertz CT molecular complexity index is 1090. The Balaban J connectivity index is 2.07. The van der Waals surface area contributed by atoms with Gasteiger partial charge in [-0.25, -0.2) is 9.59 Å². The van der Waals surface area contributed by atoms with Crippen molar-refractivity contribution in [3.63, 3.8) is 0 Å². The second-order valence-electron chi connectivity index (χ2n) is 9.50. The molecular weight excluding hydrogens is 553 g/mol. The normalized spacial score (nSPS) is 24.7. The van der Waals surface area contributed by atoms with Crippen LogP contribution < -0.4 is 15.5 Å². The van der Waals surface area contributed by atoms with E-state index < -0.39 is 84.6 Å². The number of benzene rings is 1. The maximum Gasteiger partial charge on any atom is 0.491 e. The Morgan fingerprint density at radius 1 is 1.00 bits per heavy atom. The lowest BCUT2D eigenvalue weighted by molar-refractivity contribution is -0.193. The predicted molar refractivity (Wildman–Crippen MR) is 118 cm³/mol. The molecule has 7 nitrogen and oxygen atoms in total. The van der Waals surface area contributed by atoms with E-state index in [4.69, 9.17) is 0 Å². The van der Waals surface area contributed by atoms with E-state index in [-0.39, 0.29) is 6.04 Å². The van der Waals surface area contributed by atoms with E-state index in [1.807, 2.05) is 0 Å². The molecule has 3 rings (SSSR count). The van der Waals surface area contributed by atoms with Gasteiger partial charge in [-0.2, -0.15) is 39.5 Å². The number of piperazine rings is 1. The number of ketones is 1. The summed E-state index contributed by atoms with van der Waals surface area (Å²) in [5.41, 5.74) is -3.77. The van der Waals surface area contributed by atoms with Crippen molar-refractivity contribution in [3.8, 4) is 0 Å². The zero-order chi connectivity index (χ0) is 29.4. The van der Waals surface area contributed by atoms with Crippen LogP contribution in [0.1, 0.15) is 43.0 Å². The van der Waals surface area contributed by atoms with E-state index in [0.717, 1.165) is 12.1 Å². The quantitative estimate of drug-likeness (QED) is 0.297. The van der Waals surface area contributed by atoms with Gasteiger partial charge in [0, 0.05) is 31.4 Å². The molecule has 1 aromatic carbocycles. The van der Waals surface area contributed by atoms with Gasteiger partial charge in [0.15, 0.2) is 0 Å². The van der Waals surface area contributed by atoms with Crippen molar-refractivity contribution < 1.29 is 58.6 Å². The number of esters is 2. The van der Waals surface area contributed by atoms with E-state index >= 15 is 0 Å². The van der Waals surface area contributed by atoms with Crippen LogP contribution in [0.3, 0.4) is 0 Å². The van der Waals surface area contributed by atoms with E-state index in [1.54, 1.807) is 11.8 Å². The highest BCUT2D eigenvalue weighted by Crippen LogP contribution is 2.45. The molecule has 218 valence electrons. The fourth-order valence-corrected chi connectivity index (χ4v) is 4.79. The highest BCUT2D eigenvalue weighted by atomic mass is 19.4. The van der Waals surface area contributed by atoms with E-state index in [1.165, 1.54) is 6.07 Å². The van der Waals surface area contributed by atoms with Gasteiger partial charge in [0.05, 0.1) is 17.2 Å². The number of Topliss-reactive ketones (excluding diaryl/α,β-unsaturated/α-hetero) is 1. The lowest BCUT2D eigenvalue weighted by Crippen LogP contribution is -2.55. The van der Waals surface area contributed by atoms with Crippen LogP contribution in [0.15, 0.2) is 18.2 Å². The molecule has 2 aliphatic rings. The van der Waals surface area contributed by atoms with Gasteiger partial charge in [0.1, 0.15) is 5.54 Å². The Labute approximate surface area is 216 Å². The molecular formula is C23H24F9N3O4. The summed E-state index contributed by atoms with van der Waals surface area (Å²) in [5, 5.41) is 5.35. The lowest BCUT2D eigenvalue weighted by atomic mass is 9.73. The molecule has 1 saturated heterocycles. The zero-order valence-electron chi connectivity index (χ0n) is 20.3. The second-order valence-corrected chi connectivity index (χ2v) is 9.50. The molecule has 39 heavy (non-hydrogen) atoms. The van der Waals surface area contributed by atoms with E-state index in [9.17, 15) is 53.9 Å². The Kier molecular flexibility index (Phi) is 8.49. The molecule has 0 aromatic heterocycles. The van der Waals surface area contributed by atoms with Crippen molar-refractivity contribution in [2.45, 2.75) is 62.7 Å². The van der Waals surface area contributed by atoms with E-state index in [2.05, 4.69) is 15.4 Å². The van der Waals surface area contributed by atoms with E-state index in [0.29, 0.717) is 25.3 Å². The average molecular weight is 577 g/mol. The molecule has 1 saturated carbocycles. The standard InChI is InChI=1S/C23H24F9N3O4/c1-12-11-33-8-9-35(12)14-2-3-15(17(36)39-19(38)23(30,31)32)16(10-14)34-20(18(37)22(27,28)29)6-4-13(5-7-20)21(24,25)26/h2-3,10,12-13,33-34H,4-9,11H2,1H3. The number of nitrogens with zero attached hydrogens (tertiary/aromatic N) is 1. The SMILES string of the molecule is CC1CNCCN1c1ccc(C(=O)OC(=O)C(F)(F)F)c(NC2(C(=O)C(F)(F)F)CCC(C(F)(F)F)CC2)c1. The number of carbonyl (C=O) groups is 3. The predicted octanol–water partition coefficient (Wildman–Crippen LogP) is 4.77. The third-order valence-electron chi connectivity index (χ3n) is 6.84. The monoisotopic (exact) mass is 577 g/mol. The number of carbonyl (C=O) groups excluding carboxylic acids is 3. The zero-order valence-corrected chi connectivity index (χ0v) is 20.3. The molecule has 0 spiro atoms. The molecule has 2 fully saturated rings. The van der Waals surface area contributed by atoms with Crippen LogP contribution in [-0.2, 0) is 14.3 Å². The van der Waals surface area contributed by atoms with Crippen LogP contribution in [0.5, 0.6) is 0 Å².